The van der Waals surface area contributed by atoms with Gasteiger partial charge in [0.2, 0.25) is 5.91 Å². The topological polar surface area (TPSA) is 59.8 Å². The molecule has 27 heavy (non-hydrogen) atoms. The summed E-state index contributed by atoms with van der Waals surface area (Å²) in [4.78, 5) is 12.5. The smallest absolute Gasteiger partial charge is 0.230 e. The van der Waals surface area contributed by atoms with Crippen molar-refractivity contribution in [3.8, 4) is 0 Å². The van der Waals surface area contributed by atoms with Crippen LogP contribution < -0.4 is 5.32 Å². The Bertz CT molecular complexity index is 638. The monoisotopic (exact) mass is 390 g/mol. The standard InChI is InChI=1S/C21H34N4OS/c1-4-13-25-20(17-10-6-5-7-11-17)23-24-21(25)27-14-19(26)22-18-12-8-9-15(2)16(18)3/h4,15-18H,1,5-14H2,2-3H3,(H,22,26). The summed E-state index contributed by atoms with van der Waals surface area (Å²) in [6.45, 7) is 9.15. The maximum absolute atomic E-state index is 12.5. The largest absolute Gasteiger partial charge is 0.352 e. The van der Waals surface area contributed by atoms with E-state index in [-0.39, 0.29) is 5.91 Å². The first-order valence-electron chi connectivity index (χ1n) is 10.6. The molecule has 1 N–H and O–H groups in total. The van der Waals surface area contributed by atoms with Crippen molar-refractivity contribution in [2.45, 2.75) is 88.9 Å². The zero-order valence-corrected chi connectivity index (χ0v) is 17.6. The highest BCUT2D eigenvalue weighted by atomic mass is 32.2. The van der Waals surface area contributed by atoms with E-state index in [1.165, 1.54) is 56.7 Å². The Hall–Kier alpha value is -1.30. The molecular weight excluding hydrogens is 356 g/mol. The number of hydrogen-bond acceptors (Lipinski definition) is 4. The van der Waals surface area contributed by atoms with Gasteiger partial charge in [0.15, 0.2) is 5.16 Å². The number of aromatic nitrogens is 3. The fourth-order valence-corrected chi connectivity index (χ4v) is 5.30. The van der Waals surface area contributed by atoms with Crippen LogP contribution in [0, 0.1) is 11.8 Å². The molecule has 2 aliphatic carbocycles. The highest BCUT2D eigenvalue weighted by molar-refractivity contribution is 7.99. The molecule has 3 unspecified atom stereocenters. The van der Waals surface area contributed by atoms with E-state index in [0.717, 1.165) is 17.4 Å². The summed E-state index contributed by atoms with van der Waals surface area (Å²) >= 11 is 1.50. The summed E-state index contributed by atoms with van der Waals surface area (Å²) in [5.41, 5.74) is 0. The minimum absolute atomic E-state index is 0.110. The molecule has 0 aromatic carbocycles. The Morgan fingerprint density at radius 1 is 1.19 bits per heavy atom. The van der Waals surface area contributed by atoms with Gasteiger partial charge in [-0.2, -0.15) is 0 Å². The van der Waals surface area contributed by atoms with Crippen LogP contribution in [0.5, 0.6) is 0 Å². The lowest BCUT2D eigenvalue weighted by atomic mass is 9.78. The number of amides is 1. The Morgan fingerprint density at radius 2 is 1.96 bits per heavy atom. The molecule has 0 bridgehead atoms. The van der Waals surface area contributed by atoms with Crippen molar-refractivity contribution in [1.82, 2.24) is 20.1 Å². The third-order valence-electron chi connectivity index (χ3n) is 6.41. The summed E-state index contributed by atoms with van der Waals surface area (Å²) in [5.74, 6) is 3.32. The zero-order chi connectivity index (χ0) is 19.2. The van der Waals surface area contributed by atoms with Gasteiger partial charge < -0.3 is 9.88 Å². The Labute approximate surface area is 167 Å². The molecular formula is C21H34N4OS. The van der Waals surface area contributed by atoms with Crippen molar-refractivity contribution >= 4 is 17.7 Å². The van der Waals surface area contributed by atoms with Crippen molar-refractivity contribution in [3.05, 3.63) is 18.5 Å². The second kappa shape index (κ2) is 9.76. The second-order valence-corrected chi connectivity index (χ2v) is 9.25. The fraction of sp³-hybridized carbons (Fsp3) is 0.762. The minimum atomic E-state index is 0.110. The van der Waals surface area contributed by atoms with Gasteiger partial charge in [0.25, 0.3) is 0 Å². The maximum atomic E-state index is 12.5. The van der Waals surface area contributed by atoms with Crippen LogP contribution in [-0.4, -0.2) is 32.5 Å². The van der Waals surface area contributed by atoms with Gasteiger partial charge in [0.1, 0.15) is 5.82 Å². The van der Waals surface area contributed by atoms with Crippen molar-refractivity contribution in [1.29, 1.82) is 0 Å². The van der Waals surface area contributed by atoms with E-state index >= 15 is 0 Å². The average molecular weight is 391 g/mol. The van der Waals surface area contributed by atoms with Gasteiger partial charge in [-0.25, -0.2) is 0 Å². The summed E-state index contributed by atoms with van der Waals surface area (Å²) in [6, 6.07) is 0.311. The number of thioether (sulfide) groups is 1. The summed E-state index contributed by atoms with van der Waals surface area (Å²) in [5, 5.41) is 13.0. The molecule has 1 amide bonds. The third kappa shape index (κ3) is 5.15. The molecule has 2 aliphatic rings. The normalized spacial score (nSPS) is 26.7. The van der Waals surface area contributed by atoms with Gasteiger partial charge in [-0.3, -0.25) is 4.79 Å². The molecule has 0 spiro atoms. The van der Waals surface area contributed by atoms with Gasteiger partial charge in [0.05, 0.1) is 5.75 Å². The van der Waals surface area contributed by atoms with E-state index in [1.807, 2.05) is 6.08 Å². The first-order valence-corrected chi connectivity index (χ1v) is 11.5. The van der Waals surface area contributed by atoms with E-state index < -0.39 is 0 Å². The lowest BCUT2D eigenvalue weighted by Crippen LogP contribution is -2.44. The van der Waals surface area contributed by atoms with Crippen LogP contribution in [0.25, 0.3) is 0 Å². The molecule has 1 heterocycles. The predicted octanol–water partition coefficient (Wildman–Crippen LogP) is 4.54. The predicted molar refractivity (Wildman–Crippen MR) is 111 cm³/mol. The van der Waals surface area contributed by atoms with E-state index in [1.54, 1.807) is 0 Å². The summed E-state index contributed by atoms with van der Waals surface area (Å²) < 4.78 is 2.16. The van der Waals surface area contributed by atoms with Crippen molar-refractivity contribution in [2.75, 3.05) is 5.75 Å². The Morgan fingerprint density at radius 3 is 2.70 bits per heavy atom. The molecule has 3 atom stereocenters. The first kappa shape index (κ1) is 20.4. The van der Waals surface area contributed by atoms with Crippen molar-refractivity contribution < 1.29 is 4.79 Å². The molecule has 1 aromatic heterocycles. The molecule has 3 rings (SSSR count). The van der Waals surface area contributed by atoms with Gasteiger partial charge in [0, 0.05) is 18.5 Å². The molecule has 1 aromatic rings. The number of carbonyl (C=O) groups excluding carboxylic acids is 1. The fourth-order valence-electron chi connectivity index (χ4n) is 4.53. The average Bonchev–Trinajstić information content (AvgIpc) is 3.07. The quantitative estimate of drug-likeness (QED) is 0.548. The van der Waals surface area contributed by atoms with Gasteiger partial charge in [-0.05, 0) is 31.1 Å². The van der Waals surface area contributed by atoms with Crippen LogP contribution in [0.2, 0.25) is 0 Å². The van der Waals surface area contributed by atoms with E-state index in [9.17, 15) is 4.79 Å². The summed E-state index contributed by atoms with van der Waals surface area (Å²) in [6.07, 6.45) is 11.7. The van der Waals surface area contributed by atoms with Gasteiger partial charge >= 0.3 is 0 Å². The number of nitrogens with zero attached hydrogens (tertiary/aromatic N) is 3. The molecule has 2 fully saturated rings. The highest BCUT2D eigenvalue weighted by Gasteiger charge is 2.28. The number of hydrogen-bond donors (Lipinski definition) is 1. The number of carbonyl (C=O) groups is 1. The Kier molecular flexibility index (Phi) is 7.39. The lowest BCUT2D eigenvalue weighted by Gasteiger charge is -2.34. The minimum Gasteiger partial charge on any atom is -0.352 e. The molecule has 0 radical (unpaired) electrons. The van der Waals surface area contributed by atoms with E-state index in [2.05, 4.69) is 40.5 Å². The highest BCUT2D eigenvalue weighted by Crippen LogP contribution is 2.33. The second-order valence-electron chi connectivity index (χ2n) is 8.30. The lowest BCUT2D eigenvalue weighted by molar-refractivity contribution is -0.120. The van der Waals surface area contributed by atoms with Crippen LogP contribution in [0.3, 0.4) is 0 Å². The van der Waals surface area contributed by atoms with Crippen LogP contribution in [0.4, 0.5) is 0 Å². The van der Waals surface area contributed by atoms with Crippen molar-refractivity contribution in [3.63, 3.8) is 0 Å². The summed E-state index contributed by atoms with van der Waals surface area (Å²) in [7, 11) is 0. The van der Waals surface area contributed by atoms with Gasteiger partial charge in [-0.15, -0.1) is 16.8 Å². The van der Waals surface area contributed by atoms with Crippen LogP contribution >= 0.6 is 11.8 Å². The van der Waals surface area contributed by atoms with E-state index in [0.29, 0.717) is 36.1 Å². The van der Waals surface area contributed by atoms with Crippen molar-refractivity contribution in [2.24, 2.45) is 11.8 Å². The van der Waals surface area contributed by atoms with Crippen LogP contribution in [0.1, 0.15) is 77.0 Å². The van der Waals surface area contributed by atoms with Crippen LogP contribution in [0.15, 0.2) is 17.8 Å². The number of nitrogens with one attached hydrogen (secondary N) is 1. The van der Waals surface area contributed by atoms with Gasteiger partial charge in [-0.1, -0.05) is 63.8 Å². The zero-order valence-electron chi connectivity index (χ0n) is 16.8. The molecule has 2 saturated carbocycles. The SMILES string of the molecule is C=CCn1c(SCC(=O)NC2CCCC(C)C2C)nnc1C1CCCCC1. The molecule has 0 aliphatic heterocycles. The molecule has 150 valence electrons. The third-order valence-corrected chi connectivity index (χ3v) is 7.38. The number of rotatable bonds is 7. The molecule has 5 nitrogen and oxygen atoms in total. The Balaban J connectivity index is 1.59. The molecule has 6 heteroatoms. The van der Waals surface area contributed by atoms with E-state index in [4.69, 9.17) is 0 Å². The number of allylic oxidation sites excluding steroid dienone is 1. The maximum Gasteiger partial charge on any atom is 0.230 e. The first-order chi connectivity index (χ1) is 13.1. The molecule has 0 saturated heterocycles. The van der Waals surface area contributed by atoms with Crippen LogP contribution in [-0.2, 0) is 11.3 Å².